The molecular formula is C22H27NO2. The van der Waals surface area contributed by atoms with Gasteiger partial charge in [0.05, 0.1) is 18.8 Å². The Morgan fingerprint density at radius 1 is 1.12 bits per heavy atom. The summed E-state index contributed by atoms with van der Waals surface area (Å²) in [4.78, 5) is 0. The van der Waals surface area contributed by atoms with Crippen LogP contribution in [0.3, 0.4) is 0 Å². The molecule has 2 aromatic rings. The van der Waals surface area contributed by atoms with E-state index in [1.54, 1.807) is 0 Å². The van der Waals surface area contributed by atoms with Gasteiger partial charge in [-0.15, -0.1) is 0 Å². The van der Waals surface area contributed by atoms with Crippen molar-refractivity contribution in [2.45, 2.75) is 45.3 Å². The molecular weight excluding hydrogens is 310 g/mol. The van der Waals surface area contributed by atoms with Gasteiger partial charge >= 0.3 is 0 Å². The molecule has 0 aliphatic carbocycles. The highest BCUT2D eigenvalue weighted by Crippen LogP contribution is 2.50. The molecule has 3 nitrogen and oxygen atoms in total. The van der Waals surface area contributed by atoms with Gasteiger partial charge in [-0.3, -0.25) is 0 Å². The minimum absolute atomic E-state index is 0.177. The molecule has 1 N–H and O–H groups in total. The summed E-state index contributed by atoms with van der Waals surface area (Å²) in [6, 6.07) is 15.4. The van der Waals surface area contributed by atoms with Gasteiger partial charge in [-0.25, -0.2) is 0 Å². The second kappa shape index (κ2) is 7.09. The molecule has 0 amide bonds. The molecule has 1 fully saturated rings. The topological polar surface area (TPSA) is 30.5 Å². The average molecular weight is 337 g/mol. The monoisotopic (exact) mass is 337 g/mol. The zero-order valence-electron chi connectivity index (χ0n) is 15.1. The lowest BCUT2D eigenvalue weighted by molar-refractivity contribution is -0.0383. The van der Waals surface area contributed by atoms with Crippen molar-refractivity contribution in [2.24, 2.45) is 5.92 Å². The Labute approximate surface area is 150 Å². The molecule has 2 aliphatic heterocycles. The number of aryl methyl sites for hydroxylation is 1. The van der Waals surface area contributed by atoms with Crippen LogP contribution in [-0.4, -0.2) is 13.2 Å². The van der Waals surface area contributed by atoms with Crippen LogP contribution in [0.5, 0.6) is 5.75 Å². The second-order valence-corrected chi connectivity index (χ2v) is 6.97. The highest BCUT2D eigenvalue weighted by Gasteiger charge is 2.40. The maximum absolute atomic E-state index is 6.28. The first kappa shape index (κ1) is 16.5. The Hall–Kier alpha value is -2.00. The number of fused-ring (bicyclic) bond motifs is 3. The van der Waals surface area contributed by atoms with Crippen LogP contribution in [0.1, 0.15) is 55.5 Å². The van der Waals surface area contributed by atoms with Gasteiger partial charge < -0.3 is 14.8 Å². The molecule has 2 heterocycles. The Morgan fingerprint density at radius 2 is 2.00 bits per heavy atom. The van der Waals surface area contributed by atoms with Gasteiger partial charge in [-0.05, 0) is 43.9 Å². The van der Waals surface area contributed by atoms with Gasteiger partial charge in [-0.1, -0.05) is 37.3 Å². The van der Waals surface area contributed by atoms with E-state index in [4.69, 9.17) is 9.47 Å². The lowest BCUT2D eigenvalue weighted by Gasteiger charge is -2.43. The van der Waals surface area contributed by atoms with Crippen LogP contribution in [0, 0.1) is 5.92 Å². The summed E-state index contributed by atoms with van der Waals surface area (Å²) in [5.74, 6) is 1.43. The largest absolute Gasteiger partial charge is 0.494 e. The van der Waals surface area contributed by atoms with E-state index in [-0.39, 0.29) is 12.1 Å². The molecule has 4 rings (SSSR count). The van der Waals surface area contributed by atoms with Crippen molar-refractivity contribution < 1.29 is 9.47 Å². The number of rotatable bonds is 4. The molecule has 2 aliphatic rings. The number of anilines is 1. The molecule has 0 saturated carbocycles. The molecule has 0 radical (unpaired) electrons. The average Bonchev–Trinajstić information content (AvgIpc) is 2.68. The molecule has 3 atom stereocenters. The molecule has 25 heavy (non-hydrogen) atoms. The van der Waals surface area contributed by atoms with Crippen LogP contribution in [0.2, 0.25) is 0 Å². The third-order valence-corrected chi connectivity index (χ3v) is 5.49. The normalized spacial score (nSPS) is 24.8. The highest BCUT2D eigenvalue weighted by atomic mass is 16.5. The van der Waals surface area contributed by atoms with Gasteiger partial charge in [0, 0.05) is 29.3 Å². The Kier molecular flexibility index (Phi) is 4.67. The van der Waals surface area contributed by atoms with Crippen LogP contribution in [0.25, 0.3) is 0 Å². The highest BCUT2D eigenvalue weighted by molar-refractivity contribution is 5.59. The summed E-state index contributed by atoms with van der Waals surface area (Å²) in [5, 5.41) is 3.80. The van der Waals surface area contributed by atoms with E-state index < -0.39 is 0 Å². The second-order valence-electron chi connectivity index (χ2n) is 6.97. The molecule has 0 aromatic heterocycles. The van der Waals surface area contributed by atoms with Crippen LogP contribution in [0.15, 0.2) is 42.5 Å². The molecule has 0 bridgehead atoms. The van der Waals surface area contributed by atoms with Gasteiger partial charge in [0.15, 0.2) is 0 Å². The number of ether oxygens (including phenoxy) is 2. The maximum atomic E-state index is 6.28. The van der Waals surface area contributed by atoms with E-state index >= 15 is 0 Å². The van der Waals surface area contributed by atoms with E-state index in [2.05, 4.69) is 48.6 Å². The fraction of sp³-hybridized carbons (Fsp3) is 0.455. The van der Waals surface area contributed by atoms with E-state index in [1.807, 2.05) is 13.0 Å². The first-order valence-electron chi connectivity index (χ1n) is 9.54. The van der Waals surface area contributed by atoms with Gasteiger partial charge in [-0.2, -0.15) is 0 Å². The summed E-state index contributed by atoms with van der Waals surface area (Å²) < 4.78 is 12.2. The zero-order chi connectivity index (χ0) is 17.2. The minimum atomic E-state index is 0.177. The Bertz CT molecular complexity index is 743. The smallest absolute Gasteiger partial charge is 0.124 e. The fourth-order valence-corrected chi connectivity index (χ4v) is 4.27. The van der Waals surface area contributed by atoms with Crippen LogP contribution >= 0.6 is 0 Å². The lowest BCUT2D eigenvalue weighted by atomic mass is 9.77. The van der Waals surface area contributed by atoms with E-state index in [1.165, 1.54) is 28.8 Å². The van der Waals surface area contributed by atoms with Crippen molar-refractivity contribution in [2.75, 3.05) is 18.5 Å². The summed E-state index contributed by atoms with van der Waals surface area (Å²) in [6.07, 6.45) is 3.54. The maximum Gasteiger partial charge on any atom is 0.124 e. The van der Waals surface area contributed by atoms with E-state index in [9.17, 15) is 0 Å². The number of hydrogen-bond donors (Lipinski definition) is 1. The Balaban J connectivity index is 1.77. The van der Waals surface area contributed by atoms with E-state index in [0.717, 1.165) is 25.2 Å². The predicted octanol–water partition coefficient (Wildman–Crippen LogP) is 5.28. The summed E-state index contributed by atoms with van der Waals surface area (Å²) >= 11 is 0. The summed E-state index contributed by atoms with van der Waals surface area (Å²) in [5.41, 5.74) is 5.16. The number of nitrogens with one attached hydrogen (secondary N) is 1. The molecule has 1 saturated heterocycles. The Morgan fingerprint density at radius 3 is 2.84 bits per heavy atom. The summed E-state index contributed by atoms with van der Waals surface area (Å²) in [6.45, 7) is 5.79. The molecule has 132 valence electrons. The van der Waals surface area contributed by atoms with E-state index in [0.29, 0.717) is 12.5 Å². The van der Waals surface area contributed by atoms with Crippen LogP contribution in [-0.2, 0) is 11.2 Å². The molecule has 2 aromatic carbocycles. The zero-order valence-corrected chi connectivity index (χ0v) is 15.1. The number of hydrogen-bond acceptors (Lipinski definition) is 3. The first-order chi connectivity index (χ1) is 12.3. The number of benzene rings is 2. The van der Waals surface area contributed by atoms with Crippen molar-refractivity contribution in [3.63, 3.8) is 0 Å². The van der Waals surface area contributed by atoms with Crippen molar-refractivity contribution in [3.8, 4) is 5.75 Å². The van der Waals surface area contributed by atoms with Crippen LogP contribution < -0.4 is 10.1 Å². The number of para-hydroxylation sites is 1. The fourth-order valence-electron chi connectivity index (χ4n) is 4.27. The first-order valence-corrected chi connectivity index (χ1v) is 9.54. The van der Waals surface area contributed by atoms with Crippen LogP contribution in [0.4, 0.5) is 5.69 Å². The molecule has 3 heteroatoms. The van der Waals surface area contributed by atoms with Crippen molar-refractivity contribution in [1.29, 1.82) is 0 Å². The quantitative estimate of drug-likeness (QED) is 0.823. The van der Waals surface area contributed by atoms with Crippen molar-refractivity contribution in [3.05, 3.63) is 59.2 Å². The third-order valence-electron chi connectivity index (χ3n) is 5.49. The summed E-state index contributed by atoms with van der Waals surface area (Å²) in [7, 11) is 0. The van der Waals surface area contributed by atoms with Gasteiger partial charge in [0.1, 0.15) is 5.75 Å². The third kappa shape index (κ3) is 3.02. The lowest BCUT2D eigenvalue weighted by Crippen LogP contribution is -2.36. The van der Waals surface area contributed by atoms with Crippen molar-refractivity contribution >= 4 is 5.69 Å². The minimum Gasteiger partial charge on any atom is -0.494 e. The van der Waals surface area contributed by atoms with Gasteiger partial charge in [0.25, 0.3) is 0 Å². The molecule has 3 unspecified atom stereocenters. The SMILES string of the molecule is CCOc1ccccc1C1Nc2ccc(CC)cc2C2OCCCC12. The van der Waals surface area contributed by atoms with Crippen molar-refractivity contribution in [1.82, 2.24) is 0 Å². The standard InChI is InChI=1S/C22H27NO2/c1-3-15-11-12-19-18(14-15)22-17(9-7-13-25-22)21(23-19)16-8-5-6-10-20(16)24-4-2/h5-6,8,10-12,14,17,21-23H,3-4,7,9,13H2,1-2H3. The molecule has 0 spiro atoms. The van der Waals surface area contributed by atoms with Gasteiger partial charge in [0.2, 0.25) is 0 Å². The predicted molar refractivity (Wildman–Crippen MR) is 101 cm³/mol.